The molecular weight excluding hydrogens is 236 g/mol. The molecule has 108 valence electrons. The maximum atomic E-state index is 11.9. The van der Waals surface area contributed by atoms with Gasteiger partial charge >= 0.3 is 0 Å². The largest absolute Gasteiger partial charge is 0.292 e. The number of aromatic nitrogens is 2. The zero-order valence-corrected chi connectivity index (χ0v) is 12.5. The zero-order valence-electron chi connectivity index (χ0n) is 12.5. The second kappa shape index (κ2) is 9.76. The first-order valence-electron chi connectivity index (χ1n) is 7.77. The molecule has 0 N–H and O–H groups in total. The molecular formula is C16H28N2O. The highest BCUT2D eigenvalue weighted by molar-refractivity contribution is 5.94. The zero-order chi connectivity index (χ0) is 13.9. The van der Waals surface area contributed by atoms with E-state index < -0.39 is 0 Å². The van der Waals surface area contributed by atoms with E-state index in [1.165, 1.54) is 51.4 Å². The molecule has 0 saturated carbocycles. The standard InChI is InChI=1S/C16H28N2O/c1-3-4-5-6-7-8-9-10-11-12-16(19)15-13-14-17-18(15)2/h13-14H,3-12H2,1-2H3. The fourth-order valence-corrected chi connectivity index (χ4v) is 2.37. The molecule has 0 fully saturated rings. The van der Waals surface area contributed by atoms with Crippen LogP contribution in [0.1, 0.15) is 81.6 Å². The van der Waals surface area contributed by atoms with Crippen LogP contribution in [0.4, 0.5) is 0 Å². The van der Waals surface area contributed by atoms with Crippen LogP contribution in [-0.4, -0.2) is 15.6 Å². The molecule has 1 heterocycles. The Morgan fingerprint density at radius 3 is 2.16 bits per heavy atom. The molecule has 0 aliphatic carbocycles. The Balaban J connectivity index is 1.96. The van der Waals surface area contributed by atoms with Crippen LogP contribution in [0.25, 0.3) is 0 Å². The van der Waals surface area contributed by atoms with Gasteiger partial charge in [0.15, 0.2) is 5.78 Å². The maximum Gasteiger partial charge on any atom is 0.180 e. The van der Waals surface area contributed by atoms with Gasteiger partial charge in [0, 0.05) is 19.7 Å². The topological polar surface area (TPSA) is 34.9 Å². The van der Waals surface area contributed by atoms with Gasteiger partial charge in [-0.25, -0.2) is 0 Å². The molecule has 19 heavy (non-hydrogen) atoms. The monoisotopic (exact) mass is 264 g/mol. The normalized spacial score (nSPS) is 10.8. The minimum atomic E-state index is 0.225. The van der Waals surface area contributed by atoms with Crippen molar-refractivity contribution in [1.82, 2.24) is 9.78 Å². The summed E-state index contributed by atoms with van der Waals surface area (Å²) in [4.78, 5) is 11.9. The predicted molar refractivity (Wildman–Crippen MR) is 79.4 cm³/mol. The summed E-state index contributed by atoms with van der Waals surface area (Å²) in [5, 5.41) is 4.03. The third-order valence-corrected chi connectivity index (χ3v) is 3.61. The predicted octanol–water partition coefficient (Wildman–Crippen LogP) is 4.52. The lowest BCUT2D eigenvalue weighted by Crippen LogP contribution is -2.06. The van der Waals surface area contributed by atoms with Crippen molar-refractivity contribution in [3.05, 3.63) is 18.0 Å². The van der Waals surface area contributed by atoms with Gasteiger partial charge in [-0.3, -0.25) is 9.48 Å². The third-order valence-electron chi connectivity index (χ3n) is 3.61. The number of unbranched alkanes of at least 4 members (excludes halogenated alkanes) is 8. The molecule has 0 bridgehead atoms. The number of nitrogens with zero attached hydrogens (tertiary/aromatic N) is 2. The van der Waals surface area contributed by atoms with E-state index in [-0.39, 0.29) is 5.78 Å². The number of aryl methyl sites for hydroxylation is 1. The van der Waals surface area contributed by atoms with Crippen LogP contribution in [0.2, 0.25) is 0 Å². The van der Waals surface area contributed by atoms with E-state index in [2.05, 4.69) is 12.0 Å². The second-order valence-corrected chi connectivity index (χ2v) is 5.34. The minimum Gasteiger partial charge on any atom is -0.292 e. The Hall–Kier alpha value is -1.12. The number of carbonyl (C=O) groups is 1. The van der Waals surface area contributed by atoms with Crippen LogP contribution < -0.4 is 0 Å². The highest BCUT2D eigenvalue weighted by Gasteiger charge is 2.08. The maximum absolute atomic E-state index is 11.9. The number of hydrogen-bond donors (Lipinski definition) is 0. The number of ketones is 1. The molecule has 3 heteroatoms. The molecule has 0 aliphatic heterocycles. The van der Waals surface area contributed by atoms with E-state index in [1.807, 2.05) is 7.05 Å². The highest BCUT2D eigenvalue weighted by atomic mass is 16.1. The smallest absolute Gasteiger partial charge is 0.180 e. The highest BCUT2D eigenvalue weighted by Crippen LogP contribution is 2.12. The van der Waals surface area contributed by atoms with Gasteiger partial charge in [0.2, 0.25) is 0 Å². The quantitative estimate of drug-likeness (QED) is 0.435. The van der Waals surface area contributed by atoms with Gasteiger partial charge in [-0.15, -0.1) is 0 Å². The van der Waals surface area contributed by atoms with E-state index in [0.29, 0.717) is 6.42 Å². The van der Waals surface area contributed by atoms with Crippen LogP contribution in [-0.2, 0) is 7.05 Å². The summed E-state index contributed by atoms with van der Waals surface area (Å²) >= 11 is 0. The van der Waals surface area contributed by atoms with Crippen molar-refractivity contribution in [1.29, 1.82) is 0 Å². The van der Waals surface area contributed by atoms with Crippen LogP contribution in [0.15, 0.2) is 12.3 Å². The Morgan fingerprint density at radius 2 is 1.63 bits per heavy atom. The SMILES string of the molecule is CCCCCCCCCCCC(=O)c1ccnn1C. The van der Waals surface area contributed by atoms with Crippen molar-refractivity contribution in [2.75, 3.05) is 0 Å². The van der Waals surface area contributed by atoms with Gasteiger partial charge < -0.3 is 0 Å². The molecule has 0 aromatic carbocycles. The molecule has 0 atom stereocenters. The minimum absolute atomic E-state index is 0.225. The fraction of sp³-hybridized carbons (Fsp3) is 0.750. The van der Waals surface area contributed by atoms with Gasteiger partial charge in [0.25, 0.3) is 0 Å². The van der Waals surface area contributed by atoms with Crippen molar-refractivity contribution >= 4 is 5.78 Å². The second-order valence-electron chi connectivity index (χ2n) is 5.34. The first-order valence-corrected chi connectivity index (χ1v) is 7.77. The summed E-state index contributed by atoms with van der Waals surface area (Å²) in [5.41, 5.74) is 0.736. The Bertz CT molecular complexity index is 357. The lowest BCUT2D eigenvalue weighted by molar-refractivity contribution is 0.0970. The van der Waals surface area contributed by atoms with Crippen LogP contribution >= 0.6 is 0 Å². The van der Waals surface area contributed by atoms with Gasteiger partial charge in [0.1, 0.15) is 5.69 Å². The average Bonchev–Trinajstić information content (AvgIpc) is 2.83. The van der Waals surface area contributed by atoms with Crippen molar-refractivity contribution in [2.45, 2.75) is 71.1 Å². The number of rotatable bonds is 11. The molecule has 1 rings (SSSR count). The average molecular weight is 264 g/mol. The van der Waals surface area contributed by atoms with E-state index in [0.717, 1.165) is 12.1 Å². The number of Topliss-reactive ketones (excluding diaryl/α,β-unsaturated/α-hetero) is 1. The number of carbonyl (C=O) groups excluding carboxylic acids is 1. The van der Waals surface area contributed by atoms with Crippen molar-refractivity contribution < 1.29 is 4.79 Å². The lowest BCUT2D eigenvalue weighted by Gasteiger charge is -2.02. The molecule has 1 aromatic heterocycles. The first-order chi connectivity index (χ1) is 9.25. The molecule has 0 unspecified atom stereocenters. The Labute approximate surface area is 117 Å². The summed E-state index contributed by atoms with van der Waals surface area (Å²) in [7, 11) is 1.82. The van der Waals surface area contributed by atoms with E-state index in [1.54, 1.807) is 16.9 Å². The van der Waals surface area contributed by atoms with Gasteiger partial charge in [-0.1, -0.05) is 58.3 Å². The van der Waals surface area contributed by atoms with E-state index >= 15 is 0 Å². The van der Waals surface area contributed by atoms with Gasteiger partial charge in [0.05, 0.1) is 0 Å². The Kier molecular flexibility index (Phi) is 8.19. The van der Waals surface area contributed by atoms with Crippen molar-refractivity contribution in [3.8, 4) is 0 Å². The molecule has 0 amide bonds. The van der Waals surface area contributed by atoms with Crippen molar-refractivity contribution in [3.63, 3.8) is 0 Å². The fourth-order valence-electron chi connectivity index (χ4n) is 2.37. The first kappa shape index (κ1) is 15.9. The molecule has 0 radical (unpaired) electrons. The summed E-state index contributed by atoms with van der Waals surface area (Å²) in [6.07, 6.45) is 13.9. The van der Waals surface area contributed by atoms with Crippen LogP contribution in [0, 0.1) is 0 Å². The summed E-state index contributed by atoms with van der Waals surface area (Å²) in [6, 6.07) is 1.80. The van der Waals surface area contributed by atoms with E-state index in [4.69, 9.17) is 0 Å². The molecule has 0 aliphatic rings. The summed E-state index contributed by atoms with van der Waals surface area (Å²) in [5.74, 6) is 0.225. The molecule has 3 nitrogen and oxygen atoms in total. The van der Waals surface area contributed by atoms with Crippen LogP contribution in [0.5, 0.6) is 0 Å². The molecule has 0 saturated heterocycles. The lowest BCUT2D eigenvalue weighted by atomic mass is 10.0. The third kappa shape index (κ3) is 6.55. The van der Waals surface area contributed by atoms with E-state index in [9.17, 15) is 4.79 Å². The van der Waals surface area contributed by atoms with Crippen LogP contribution in [0.3, 0.4) is 0 Å². The molecule has 1 aromatic rings. The van der Waals surface area contributed by atoms with Crippen molar-refractivity contribution in [2.24, 2.45) is 7.05 Å². The Morgan fingerprint density at radius 1 is 1.05 bits per heavy atom. The number of hydrogen-bond acceptors (Lipinski definition) is 2. The van der Waals surface area contributed by atoms with Gasteiger partial charge in [-0.2, -0.15) is 5.10 Å². The summed E-state index contributed by atoms with van der Waals surface area (Å²) in [6.45, 7) is 2.25. The summed E-state index contributed by atoms with van der Waals surface area (Å²) < 4.78 is 1.66. The molecule has 0 spiro atoms. The van der Waals surface area contributed by atoms with Gasteiger partial charge in [-0.05, 0) is 12.5 Å².